The molecule has 1 N–H and O–H groups in total. The van der Waals surface area contributed by atoms with Gasteiger partial charge in [-0.15, -0.1) is 0 Å². The lowest BCUT2D eigenvalue weighted by atomic mass is 10.3. The van der Waals surface area contributed by atoms with Gasteiger partial charge in [0.25, 0.3) is 0 Å². The smallest absolute Gasteiger partial charge is 0.138 e. The molecule has 0 unspecified atom stereocenters. The van der Waals surface area contributed by atoms with Crippen molar-refractivity contribution >= 4 is 34.0 Å². The lowest BCUT2D eigenvalue weighted by molar-refractivity contribution is 0.292. The first-order chi connectivity index (χ1) is 9.26. The van der Waals surface area contributed by atoms with E-state index < -0.39 is 0 Å². The summed E-state index contributed by atoms with van der Waals surface area (Å²) < 4.78 is 0.860. The number of hydrogen-bond acceptors (Lipinski definition) is 3. The SMILES string of the molecule is CCCN(CCC)CCSC(=S)Nc1ccccc1. The van der Waals surface area contributed by atoms with Crippen LogP contribution >= 0.6 is 24.0 Å². The van der Waals surface area contributed by atoms with E-state index in [1.807, 2.05) is 30.3 Å². The highest BCUT2D eigenvalue weighted by atomic mass is 32.2. The fraction of sp³-hybridized carbons (Fsp3) is 0.533. The van der Waals surface area contributed by atoms with Crippen molar-refractivity contribution in [1.82, 2.24) is 4.90 Å². The van der Waals surface area contributed by atoms with Gasteiger partial charge in [-0.05, 0) is 38.1 Å². The molecule has 0 aliphatic heterocycles. The molecule has 1 aromatic rings. The minimum atomic E-state index is 0.860. The standard InChI is InChI=1S/C15H24N2S2/c1-3-10-17(11-4-2)12-13-19-15(18)16-14-8-6-5-7-9-14/h5-9H,3-4,10-13H2,1-2H3,(H,16,18). The summed E-state index contributed by atoms with van der Waals surface area (Å²) in [6, 6.07) is 10.1. The normalized spacial score (nSPS) is 10.7. The molecule has 0 amide bonds. The molecule has 0 fully saturated rings. The Labute approximate surface area is 127 Å². The molecule has 106 valence electrons. The van der Waals surface area contributed by atoms with Crippen molar-refractivity contribution in [1.29, 1.82) is 0 Å². The molecule has 0 spiro atoms. The number of benzene rings is 1. The summed E-state index contributed by atoms with van der Waals surface area (Å²) in [7, 11) is 0. The molecular weight excluding hydrogens is 272 g/mol. The van der Waals surface area contributed by atoms with Gasteiger partial charge in [-0.25, -0.2) is 0 Å². The predicted molar refractivity (Wildman–Crippen MR) is 92.1 cm³/mol. The topological polar surface area (TPSA) is 15.3 Å². The number of thiocarbonyl (C=S) groups is 1. The Bertz CT molecular complexity index is 348. The molecule has 1 rings (SSSR count). The summed E-state index contributed by atoms with van der Waals surface area (Å²) in [5, 5.41) is 3.26. The fourth-order valence-electron chi connectivity index (χ4n) is 1.91. The second-order valence-electron chi connectivity index (χ2n) is 4.47. The Morgan fingerprint density at radius 2 is 1.74 bits per heavy atom. The van der Waals surface area contributed by atoms with E-state index in [9.17, 15) is 0 Å². The summed E-state index contributed by atoms with van der Waals surface area (Å²) in [4.78, 5) is 2.51. The Balaban J connectivity index is 2.22. The summed E-state index contributed by atoms with van der Waals surface area (Å²) in [6.07, 6.45) is 2.44. The van der Waals surface area contributed by atoms with Crippen molar-refractivity contribution in [2.45, 2.75) is 26.7 Å². The van der Waals surface area contributed by atoms with Crippen LogP contribution in [0.2, 0.25) is 0 Å². The lowest BCUT2D eigenvalue weighted by Crippen LogP contribution is -2.28. The maximum absolute atomic E-state index is 5.35. The predicted octanol–water partition coefficient (Wildman–Crippen LogP) is 4.24. The second-order valence-corrected chi connectivity index (χ2v) is 6.24. The average Bonchev–Trinajstić information content (AvgIpc) is 2.40. The number of para-hydroxylation sites is 1. The van der Waals surface area contributed by atoms with E-state index in [4.69, 9.17) is 12.2 Å². The molecule has 0 saturated carbocycles. The Morgan fingerprint density at radius 1 is 1.11 bits per heavy atom. The van der Waals surface area contributed by atoms with Crippen molar-refractivity contribution in [2.24, 2.45) is 0 Å². The first-order valence-corrected chi connectivity index (χ1v) is 8.36. The lowest BCUT2D eigenvalue weighted by Gasteiger charge is -2.20. The van der Waals surface area contributed by atoms with Crippen LogP contribution in [-0.2, 0) is 0 Å². The highest BCUT2D eigenvalue weighted by Crippen LogP contribution is 2.11. The number of rotatable bonds is 8. The van der Waals surface area contributed by atoms with E-state index in [1.165, 1.54) is 25.9 Å². The molecule has 0 atom stereocenters. The second kappa shape index (κ2) is 10.2. The highest BCUT2D eigenvalue weighted by Gasteiger charge is 2.04. The zero-order valence-corrected chi connectivity index (χ0v) is 13.5. The van der Waals surface area contributed by atoms with E-state index in [2.05, 4.69) is 24.1 Å². The minimum absolute atomic E-state index is 0.860. The first kappa shape index (κ1) is 16.5. The third-order valence-corrected chi connectivity index (χ3v) is 3.95. The third kappa shape index (κ3) is 7.55. The summed E-state index contributed by atoms with van der Waals surface area (Å²) in [5.41, 5.74) is 1.07. The molecule has 0 aromatic heterocycles. The van der Waals surface area contributed by atoms with Crippen LogP contribution in [0.4, 0.5) is 5.69 Å². The van der Waals surface area contributed by atoms with Crippen LogP contribution in [-0.4, -0.2) is 34.6 Å². The maximum atomic E-state index is 5.35. The molecule has 2 nitrogen and oxygen atoms in total. The van der Waals surface area contributed by atoms with Crippen LogP contribution < -0.4 is 5.32 Å². The van der Waals surface area contributed by atoms with Gasteiger partial charge < -0.3 is 10.2 Å². The largest absolute Gasteiger partial charge is 0.341 e. The van der Waals surface area contributed by atoms with Crippen LogP contribution in [0.15, 0.2) is 30.3 Å². The molecule has 0 aliphatic rings. The molecule has 19 heavy (non-hydrogen) atoms. The van der Waals surface area contributed by atoms with Crippen LogP contribution in [0.25, 0.3) is 0 Å². The van der Waals surface area contributed by atoms with Gasteiger partial charge in [0.05, 0.1) is 0 Å². The van der Waals surface area contributed by atoms with E-state index in [0.717, 1.165) is 22.3 Å². The highest BCUT2D eigenvalue weighted by molar-refractivity contribution is 8.23. The number of nitrogens with zero attached hydrogens (tertiary/aromatic N) is 1. The van der Waals surface area contributed by atoms with Crippen LogP contribution in [0.3, 0.4) is 0 Å². The van der Waals surface area contributed by atoms with Gasteiger partial charge in [0, 0.05) is 18.0 Å². The van der Waals surface area contributed by atoms with Crippen molar-refractivity contribution < 1.29 is 0 Å². The van der Waals surface area contributed by atoms with Gasteiger partial charge in [-0.1, -0.05) is 56.0 Å². The Hall–Kier alpha value is -0.580. The number of thioether (sulfide) groups is 1. The monoisotopic (exact) mass is 296 g/mol. The van der Waals surface area contributed by atoms with E-state index in [-0.39, 0.29) is 0 Å². The first-order valence-electron chi connectivity index (χ1n) is 6.97. The van der Waals surface area contributed by atoms with Gasteiger partial charge in [-0.2, -0.15) is 0 Å². The van der Waals surface area contributed by atoms with Crippen LogP contribution in [0, 0.1) is 0 Å². The van der Waals surface area contributed by atoms with Gasteiger partial charge in [0.1, 0.15) is 4.32 Å². The number of nitrogens with one attached hydrogen (secondary N) is 1. The number of hydrogen-bond donors (Lipinski definition) is 1. The van der Waals surface area contributed by atoms with E-state index >= 15 is 0 Å². The van der Waals surface area contributed by atoms with Gasteiger partial charge in [0.2, 0.25) is 0 Å². The van der Waals surface area contributed by atoms with Crippen molar-refractivity contribution in [2.75, 3.05) is 30.7 Å². The zero-order chi connectivity index (χ0) is 13.9. The van der Waals surface area contributed by atoms with Crippen molar-refractivity contribution in [3.05, 3.63) is 30.3 Å². The Kier molecular flexibility index (Phi) is 8.88. The Morgan fingerprint density at radius 3 is 2.32 bits per heavy atom. The molecule has 0 aliphatic carbocycles. The summed E-state index contributed by atoms with van der Waals surface area (Å²) in [5.74, 6) is 1.05. The molecular formula is C15H24N2S2. The molecule has 0 bridgehead atoms. The molecule has 0 heterocycles. The quantitative estimate of drug-likeness (QED) is 0.721. The van der Waals surface area contributed by atoms with Crippen molar-refractivity contribution in [3.8, 4) is 0 Å². The molecule has 4 heteroatoms. The molecule has 0 saturated heterocycles. The maximum Gasteiger partial charge on any atom is 0.138 e. The molecule has 1 aromatic carbocycles. The van der Waals surface area contributed by atoms with Crippen molar-refractivity contribution in [3.63, 3.8) is 0 Å². The molecule has 0 radical (unpaired) electrons. The van der Waals surface area contributed by atoms with Crippen LogP contribution in [0.5, 0.6) is 0 Å². The van der Waals surface area contributed by atoms with Gasteiger partial charge in [0.15, 0.2) is 0 Å². The average molecular weight is 297 g/mol. The third-order valence-electron chi connectivity index (χ3n) is 2.74. The van der Waals surface area contributed by atoms with Crippen LogP contribution in [0.1, 0.15) is 26.7 Å². The van der Waals surface area contributed by atoms with Gasteiger partial charge in [-0.3, -0.25) is 0 Å². The van der Waals surface area contributed by atoms with E-state index in [0.29, 0.717) is 0 Å². The summed E-state index contributed by atoms with van der Waals surface area (Å²) in [6.45, 7) is 7.96. The summed E-state index contributed by atoms with van der Waals surface area (Å²) >= 11 is 7.08. The number of anilines is 1. The van der Waals surface area contributed by atoms with E-state index in [1.54, 1.807) is 11.8 Å². The van der Waals surface area contributed by atoms with Gasteiger partial charge >= 0.3 is 0 Å². The fourth-order valence-corrected chi connectivity index (χ4v) is 3.00. The zero-order valence-electron chi connectivity index (χ0n) is 11.9. The minimum Gasteiger partial charge on any atom is -0.341 e.